The lowest BCUT2D eigenvalue weighted by atomic mass is 10.3. The van der Waals surface area contributed by atoms with E-state index in [2.05, 4.69) is 15.9 Å². The summed E-state index contributed by atoms with van der Waals surface area (Å²) in [6.45, 7) is 4.39. The van der Waals surface area contributed by atoms with E-state index in [0.717, 1.165) is 10.2 Å². The van der Waals surface area contributed by atoms with Gasteiger partial charge in [-0.25, -0.2) is 0 Å². The second-order valence-electron chi connectivity index (χ2n) is 3.78. The third kappa shape index (κ3) is 4.96. The van der Waals surface area contributed by atoms with Crippen LogP contribution < -0.4 is 4.74 Å². The highest BCUT2D eigenvalue weighted by Gasteiger charge is 2.07. The van der Waals surface area contributed by atoms with E-state index >= 15 is 0 Å². The Labute approximate surface area is 105 Å². The number of ether oxygens (including phenoxy) is 2. The first-order valence-corrected chi connectivity index (χ1v) is 6.06. The number of hydrogen-bond acceptors (Lipinski definition) is 3. The van der Waals surface area contributed by atoms with Gasteiger partial charge in [0.2, 0.25) is 0 Å². The molecule has 0 saturated carbocycles. The zero-order chi connectivity index (χ0) is 12.0. The molecule has 4 heteroatoms. The fourth-order valence-corrected chi connectivity index (χ4v) is 1.50. The molecular formula is C12H17BrO3. The van der Waals surface area contributed by atoms with Crippen molar-refractivity contribution < 1.29 is 14.6 Å². The summed E-state index contributed by atoms with van der Waals surface area (Å²) < 4.78 is 11.6. The van der Waals surface area contributed by atoms with Gasteiger partial charge in [0.05, 0.1) is 17.2 Å². The lowest BCUT2D eigenvalue weighted by Gasteiger charge is -2.15. The summed E-state index contributed by atoms with van der Waals surface area (Å²) >= 11 is 3.37. The quantitative estimate of drug-likeness (QED) is 0.875. The van der Waals surface area contributed by atoms with Crippen LogP contribution in [0.25, 0.3) is 0 Å². The maximum Gasteiger partial charge on any atom is 0.133 e. The number of aliphatic hydroxyl groups excluding tert-OH is 1. The zero-order valence-electron chi connectivity index (χ0n) is 9.52. The van der Waals surface area contributed by atoms with Crippen molar-refractivity contribution in [2.75, 3.05) is 13.2 Å². The molecule has 1 aromatic rings. The first-order valence-electron chi connectivity index (χ1n) is 5.26. The molecule has 16 heavy (non-hydrogen) atoms. The minimum absolute atomic E-state index is 0.123. The number of hydrogen-bond donors (Lipinski definition) is 1. The van der Waals surface area contributed by atoms with Gasteiger partial charge in [-0.3, -0.25) is 0 Å². The largest absolute Gasteiger partial charge is 0.490 e. The molecule has 0 aliphatic heterocycles. The number of rotatable bonds is 6. The molecule has 0 spiro atoms. The summed E-state index contributed by atoms with van der Waals surface area (Å²) in [5.41, 5.74) is 0. The first-order chi connectivity index (χ1) is 7.59. The minimum atomic E-state index is -0.602. The van der Waals surface area contributed by atoms with Crippen LogP contribution in [-0.4, -0.2) is 30.5 Å². The van der Waals surface area contributed by atoms with Crippen LogP contribution in [0.2, 0.25) is 0 Å². The number of para-hydroxylation sites is 1. The lowest BCUT2D eigenvalue weighted by Crippen LogP contribution is -2.25. The van der Waals surface area contributed by atoms with Crippen molar-refractivity contribution in [1.29, 1.82) is 0 Å². The summed E-state index contributed by atoms with van der Waals surface area (Å²) in [7, 11) is 0. The van der Waals surface area contributed by atoms with Crippen LogP contribution >= 0.6 is 15.9 Å². The Bertz CT molecular complexity index is 315. The molecule has 0 aliphatic carbocycles. The highest BCUT2D eigenvalue weighted by molar-refractivity contribution is 9.10. The van der Waals surface area contributed by atoms with Crippen LogP contribution in [0, 0.1) is 0 Å². The van der Waals surface area contributed by atoms with E-state index in [4.69, 9.17) is 9.47 Å². The summed E-state index contributed by atoms with van der Waals surface area (Å²) in [4.78, 5) is 0. The van der Waals surface area contributed by atoms with E-state index in [1.165, 1.54) is 0 Å². The van der Waals surface area contributed by atoms with Crippen LogP contribution in [0.1, 0.15) is 13.8 Å². The van der Waals surface area contributed by atoms with Crippen LogP contribution in [0.15, 0.2) is 28.7 Å². The van der Waals surface area contributed by atoms with Gasteiger partial charge in [-0.05, 0) is 41.9 Å². The molecule has 0 bridgehead atoms. The standard InChI is InChI=1S/C12H17BrO3/c1-9(2)15-7-10(14)8-16-12-6-4-3-5-11(12)13/h3-6,9-10,14H,7-8H2,1-2H3. The van der Waals surface area contributed by atoms with Crippen molar-refractivity contribution in [2.24, 2.45) is 0 Å². The van der Waals surface area contributed by atoms with E-state index in [1.807, 2.05) is 38.1 Å². The SMILES string of the molecule is CC(C)OCC(O)COc1ccccc1Br. The molecule has 1 N–H and O–H groups in total. The summed E-state index contributed by atoms with van der Waals surface area (Å²) in [5.74, 6) is 0.728. The smallest absolute Gasteiger partial charge is 0.133 e. The Morgan fingerprint density at radius 1 is 1.25 bits per heavy atom. The molecule has 0 fully saturated rings. The van der Waals surface area contributed by atoms with Gasteiger partial charge in [0.25, 0.3) is 0 Å². The van der Waals surface area contributed by atoms with E-state index in [-0.39, 0.29) is 12.7 Å². The number of aliphatic hydroxyl groups is 1. The predicted octanol–water partition coefficient (Wildman–Crippen LogP) is 2.61. The second kappa shape index (κ2) is 6.89. The highest BCUT2D eigenvalue weighted by atomic mass is 79.9. The molecule has 0 radical (unpaired) electrons. The van der Waals surface area contributed by atoms with Crippen molar-refractivity contribution in [2.45, 2.75) is 26.1 Å². The average Bonchev–Trinajstić information content (AvgIpc) is 2.25. The van der Waals surface area contributed by atoms with Crippen LogP contribution in [0.5, 0.6) is 5.75 Å². The Hall–Kier alpha value is -0.580. The molecule has 0 aliphatic rings. The molecule has 1 unspecified atom stereocenters. The predicted molar refractivity (Wildman–Crippen MR) is 66.7 cm³/mol. The molecular weight excluding hydrogens is 272 g/mol. The average molecular weight is 289 g/mol. The summed E-state index contributed by atoms with van der Waals surface area (Å²) in [6.07, 6.45) is -0.479. The van der Waals surface area contributed by atoms with Crippen molar-refractivity contribution in [3.63, 3.8) is 0 Å². The molecule has 1 atom stereocenters. The van der Waals surface area contributed by atoms with Crippen LogP contribution in [0.3, 0.4) is 0 Å². The van der Waals surface area contributed by atoms with Gasteiger partial charge in [-0.15, -0.1) is 0 Å². The fraction of sp³-hybridized carbons (Fsp3) is 0.500. The van der Waals surface area contributed by atoms with Crippen LogP contribution in [-0.2, 0) is 4.74 Å². The Kier molecular flexibility index (Phi) is 5.80. The summed E-state index contributed by atoms with van der Waals surface area (Å²) in [6, 6.07) is 7.54. The van der Waals surface area contributed by atoms with E-state index < -0.39 is 6.10 Å². The molecule has 90 valence electrons. The maximum absolute atomic E-state index is 9.58. The van der Waals surface area contributed by atoms with Crippen molar-refractivity contribution >= 4 is 15.9 Å². The minimum Gasteiger partial charge on any atom is -0.490 e. The number of halogens is 1. The van der Waals surface area contributed by atoms with Gasteiger partial charge >= 0.3 is 0 Å². The molecule has 0 aromatic heterocycles. The molecule has 3 nitrogen and oxygen atoms in total. The van der Waals surface area contributed by atoms with E-state index in [0.29, 0.717) is 6.61 Å². The van der Waals surface area contributed by atoms with Crippen LogP contribution in [0.4, 0.5) is 0 Å². The van der Waals surface area contributed by atoms with E-state index in [9.17, 15) is 5.11 Å². The van der Waals surface area contributed by atoms with Gasteiger partial charge in [-0.2, -0.15) is 0 Å². The zero-order valence-corrected chi connectivity index (χ0v) is 11.1. The van der Waals surface area contributed by atoms with Gasteiger partial charge in [0.1, 0.15) is 18.5 Å². The summed E-state index contributed by atoms with van der Waals surface area (Å²) in [5, 5.41) is 9.58. The molecule has 0 heterocycles. The fourth-order valence-electron chi connectivity index (χ4n) is 1.10. The normalized spacial score (nSPS) is 12.8. The third-order valence-electron chi connectivity index (χ3n) is 1.89. The Morgan fingerprint density at radius 2 is 1.94 bits per heavy atom. The van der Waals surface area contributed by atoms with Crippen molar-refractivity contribution in [1.82, 2.24) is 0 Å². The molecule has 0 amide bonds. The Morgan fingerprint density at radius 3 is 2.56 bits per heavy atom. The second-order valence-corrected chi connectivity index (χ2v) is 4.63. The van der Waals surface area contributed by atoms with Gasteiger partial charge in [0.15, 0.2) is 0 Å². The third-order valence-corrected chi connectivity index (χ3v) is 2.54. The van der Waals surface area contributed by atoms with Gasteiger partial charge in [0, 0.05) is 0 Å². The topological polar surface area (TPSA) is 38.7 Å². The molecule has 1 aromatic carbocycles. The monoisotopic (exact) mass is 288 g/mol. The van der Waals surface area contributed by atoms with Gasteiger partial charge in [-0.1, -0.05) is 12.1 Å². The van der Waals surface area contributed by atoms with Crippen molar-refractivity contribution in [3.8, 4) is 5.75 Å². The van der Waals surface area contributed by atoms with Crippen molar-refractivity contribution in [3.05, 3.63) is 28.7 Å². The first kappa shape index (κ1) is 13.5. The maximum atomic E-state index is 9.58. The molecule has 1 rings (SSSR count). The highest BCUT2D eigenvalue weighted by Crippen LogP contribution is 2.23. The number of benzene rings is 1. The Balaban J connectivity index is 2.31. The van der Waals surface area contributed by atoms with E-state index in [1.54, 1.807) is 0 Å². The lowest BCUT2D eigenvalue weighted by molar-refractivity contribution is -0.0123. The molecule has 0 saturated heterocycles. The van der Waals surface area contributed by atoms with Gasteiger partial charge < -0.3 is 14.6 Å².